The van der Waals surface area contributed by atoms with Gasteiger partial charge in [-0.3, -0.25) is 14.9 Å². The lowest BCUT2D eigenvalue weighted by Crippen LogP contribution is -2.30. The first-order chi connectivity index (χ1) is 9.83. The van der Waals surface area contributed by atoms with Crippen LogP contribution in [0.3, 0.4) is 0 Å². The number of aromatic nitrogens is 1. The van der Waals surface area contributed by atoms with Gasteiger partial charge in [-0.25, -0.2) is 14.3 Å². The van der Waals surface area contributed by atoms with Crippen molar-refractivity contribution < 1.29 is 13.2 Å². The normalized spacial score (nSPS) is 11.2. The average Bonchev–Trinajstić information content (AvgIpc) is 2.92. The van der Waals surface area contributed by atoms with E-state index in [-0.39, 0.29) is 10.6 Å². The molecule has 0 aliphatic carbocycles. The van der Waals surface area contributed by atoms with Crippen LogP contribution >= 0.6 is 0 Å². The molecule has 21 heavy (non-hydrogen) atoms. The van der Waals surface area contributed by atoms with Gasteiger partial charge in [0.25, 0.3) is 15.9 Å². The molecule has 0 aliphatic rings. The largest absolute Gasteiger partial charge is 0.356 e. The smallest absolute Gasteiger partial charge is 0.281 e. The number of hydrogen-bond acceptors (Lipinski definition) is 4. The molecule has 0 spiro atoms. The molecule has 5 N–H and O–H groups in total. The number of anilines is 1. The number of nitrogens with one attached hydrogen (secondary N) is 3. The molecule has 1 amide bonds. The highest BCUT2D eigenvalue weighted by atomic mass is 32.2. The van der Waals surface area contributed by atoms with E-state index < -0.39 is 15.9 Å². The van der Waals surface area contributed by atoms with E-state index in [1.54, 1.807) is 6.07 Å². The number of nitrogen functional groups attached to an aromatic ring is 1. The minimum atomic E-state index is -3.78. The minimum absolute atomic E-state index is 0.0398. The van der Waals surface area contributed by atoms with Gasteiger partial charge in [0.05, 0.1) is 5.69 Å². The molecule has 0 saturated carbocycles. The average molecular weight is 308 g/mol. The van der Waals surface area contributed by atoms with Crippen molar-refractivity contribution in [3.05, 3.63) is 47.3 Å². The quantitative estimate of drug-likeness (QED) is 0.383. The summed E-state index contributed by atoms with van der Waals surface area (Å²) in [6.45, 7) is 3.68. The second-order valence-corrected chi connectivity index (χ2v) is 6.33. The third-order valence-corrected chi connectivity index (χ3v) is 4.32. The molecule has 2 rings (SSSR count). The number of carbonyl (C=O) groups is 1. The molecule has 112 valence electrons. The summed E-state index contributed by atoms with van der Waals surface area (Å²) in [5.74, 6) is 4.40. The van der Waals surface area contributed by atoms with Crippen molar-refractivity contribution in [1.29, 1.82) is 0 Å². The molecule has 8 heteroatoms. The third kappa shape index (κ3) is 3.23. The van der Waals surface area contributed by atoms with Crippen molar-refractivity contribution in [2.75, 3.05) is 4.72 Å². The summed E-state index contributed by atoms with van der Waals surface area (Å²) in [6, 6.07) is 6.69. The summed E-state index contributed by atoms with van der Waals surface area (Å²) < 4.78 is 27.1. The van der Waals surface area contributed by atoms with E-state index in [2.05, 4.69) is 9.71 Å². The number of hydrazine groups is 1. The summed E-state index contributed by atoms with van der Waals surface area (Å²) in [4.78, 5) is 13.9. The maximum absolute atomic E-state index is 12.3. The SMILES string of the molecule is Cc1ccc(C)c(NS(=O)(=O)c2c[nH]c(C(=O)NN)c2)c1. The predicted molar refractivity (Wildman–Crippen MR) is 79.2 cm³/mol. The highest BCUT2D eigenvalue weighted by Crippen LogP contribution is 2.21. The Balaban J connectivity index is 2.32. The number of carbonyl (C=O) groups excluding carboxylic acids is 1. The highest BCUT2D eigenvalue weighted by molar-refractivity contribution is 7.92. The van der Waals surface area contributed by atoms with Crippen LogP contribution in [0.5, 0.6) is 0 Å². The first-order valence-corrected chi connectivity index (χ1v) is 7.61. The standard InChI is InChI=1S/C13H16N4O3S/c1-8-3-4-9(2)11(5-8)17-21(19,20)10-6-12(15-7-10)13(18)16-14/h3-7,15,17H,14H2,1-2H3,(H,16,18). The van der Waals surface area contributed by atoms with E-state index in [4.69, 9.17) is 5.84 Å². The van der Waals surface area contributed by atoms with Crippen LogP contribution in [-0.2, 0) is 10.0 Å². The Morgan fingerprint density at radius 1 is 1.24 bits per heavy atom. The van der Waals surface area contributed by atoms with Gasteiger partial charge in [-0.1, -0.05) is 12.1 Å². The predicted octanol–water partition coefficient (Wildman–Crippen LogP) is 1.04. The fourth-order valence-electron chi connectivity index (χ4n) is 1.79. The van der Waals surface area contributed by atoms with Crippen LogP contribution in [-0.4, -0.2) is 19.3 Å². The Morgan fingerprint density at radius 2 is 1.95 bits per heavy atom. The zero-order valence-electron chi connectivity index (χ0n) is 11.6. The van der Waals surface area contributed by atoms with Crippen molar-refractivity contribution in [2.24, 2.45) is 5.84 Å². The third-order valence-electron chi connectivity index (χ3n) is 2.98. The number of aryl methyl sites for hydroxylation is 2. The maximum atomic E-state index is 12.3. The second kappa shape index (κ2) is 5.58. The minimum Gasteiger partial charge on any atom is -0.356 e. The number of hydrogen-bond donors (Lipinski definition) is 4. The number of rotatable bonds is 4. The molecule has 1 heterocycles. The van der Waals surface area contributed by atoms with Crippen LogP contribution in [0.25, 0.3) is 0 Å². The van der Waals surface area contributed by atoms with Crippen LogP contribution in [0.4, 0.5) is 5.69 Å². The first kappa shape index (κ1) is 15.1. The van der Waals surface area contributed by atoms with E-state index in [0.29, 0.717) is 5.69 Å². The topological polar surface area (TPSA) is 117 Å². The van der Waals surface area contributed by atoms with Crippen molar-refractivity contribution in [1.82, 2.24) is 10.4 Å². The van der Waals surface area contributed by atoms with Crippen LogP contribution in [0, 0.1) is 13.8 Å². The van der Waals surface area contributed by atoms with Crippen molar-refractivity contribution >= 4 is 21.6 Å². The van der Waals surface area contributed by atoms with Crippen LogP contribution in [0.1, 0.15) is 21.6 Å². The van der Waals surface area contributed by atoms with Gasteiger partial charge in [0.1, 0.15) is 10.6 Å². The molecule has 1 aromatic carbocycles. The summed E-state index contributed by atoms with van der Waals surface area (Å²) >= 11 is 0. The van der Waals surface area contributed by atoms with Gasteiger partial charge in [-0.2, -0.15) is 0 Å². The van der Waals surface area contributed by atoms with Crippen molar-refractivity contribution in [3.63, 3.8) is 0 Å². The van der Waals surface area contributed by atoms with Gasteiger partial charge in [-0.05, 0) is 37.1 Å². The summed E-state index contributed by atoms with van der Waals surface area (Å²) in [5, 5.41) is 0. The number of aromatic amines is 1. The number of benzene rings is 1. The molecular weight excluding hydrogens is 292 g/mol. The van der Waals surface area contributed by atoms with E-state index >= 15 is 0 Å². The number of sulfonamides is 1. The number of H-pyrrole nitrogens is 1. The summed E-state index contributed by atoms with van der Waals surface area (Å²) in [7, 11) is -3.78. The molecule has 0 radical (unpaired) electrons. The van der Waals surface area contributed by atoms with Crippen LogP contribution < -0.4 is 16.0 Å². The van der Waals surface area contributed by atoms with Gasteiger partial charge in [0.2, 0.25) is 0 Å². The fraction of sp³-hybridized carbons (Fsp3) is 0.154. The second-order valence-electron chi connectivity index (χ2n) is 4.65. The lowest BCUT2D eigenvalue weighted by Gasteiger charge is -2.10. The summed E-state index contributed by atoms with van der Waals surface area (Å²) in [6.07, 6.45) is 1.23. The maximum Gasteiger partial charge on any atom is 0.281 e. The Morgan fingerprint density at radius 3 is 2.62 bits per heavy atom. The lowest BCUT2D eigenvalue weighted by atomic mass is 10.1. The van der Waals surface area contributed by atoms with Crippen molar-refractivity contribution in [3.8, 4) is 0 Å². The van der Waals surface area contributed by atoms with E-state index in [1.807, 2.05) is 31.4 Å². The van der Waals surface area contributed by atoms with Gasteiger partial charge in [0.15, 0.2) is 0 Å². The number of nitrogens with two attached hydrogens (primary N) is 1. The van der Waals surface area contributed by atoms with Crippen LogP contribution in [0.15, 0.2) is 35.4 Å². The van der Waals surface area contributed by atoms with Gasteiger partial charge in [0, 0.05) is 6.20 Å². The molecular formula is C13H16N4O3S. The van der Waals surface area contributed by atoms with E-state index in [1.165, 1.54) is 12.3 Å². The fourth-order valence-corrected chi connectivity index (χ4v) is 2.90. The highest BCUT2D eigenvalue weighted by Gasteiger charge is 2.19. The molecule has 0 fully saturated rings. The first-order valence-electron chi connectivity index (χ1n) is 6.13. The molecule has 7 nitrogen and oxygen atoms in total. The molecule has 0 aliphatic heterocycles. The van der Waals surface area contributed by atoms with Crippen molar-refractivity contribution in [2.45, 2.75) is 18.7 Å². The van der Waals surface area contributed by atoms with Gasteiger partial charge < -0.3 is 4.98 Å². The molecule has 0 unspecified atom stereocenters. The zero-order valence-corrected chi connectivity index (χ0v) is 12.4. The Hall–Kier alpha value is -2.32. The Bertz CT molecular complexity index is 780. The van der Waals surface area contributed by atoms with Gasteiger partial charge in [-0.15, -0.1) is 0 Å². The molecule has 2 aromatic rings. The monoisotopic (exact) mass is 308 g/mol. The van der Waals surface area contributed by atoms with Crippen LogP contribution in [0.2, 0.25) is 0 Å². The lowest BCUT2D eigenvalue weighted by molar-refractivity contribution is 0.0949. The van der Waals surface area contributed by atoms with E-state index in [0.717, 1.165) is 11.1 Å². The number of amides is 1. The molecule has 1 aromatic heterocycles. The Labute approximate surface area is 122 Å². The molecule has 0 atom stereocenters. The zero-order chi connectivity index (χ0) is 15.6. The molecule has 0 bridgehead atoms. The summed E-state index contributed by atoms with van der Waals surface area (Å²) in [5.41, 5.74) is 4.24. The molecule has 0 saturated heterocycles. The van der Waals surface area contributed by atoms with E-state index in [9.17, 15) is 13.2 Å². The van der Waals surface area contributed by atoms with Gasteiger partial charge >= 0.3 is 0 Å². The Kier molecular flexibility index (Phi) is 4.01.